The van der Waals surface area contributed by atoms with Gasteiger partial charge >= 0.3 is 0 Å². The molecule has 14 heavy (non-hydrogen) atoms. The fourth-order valence-corrected chi connectivity index (χ4v) is 1.89. The SMILES string of the molecule is NNCc1ccc(-c2cncs2)cc1. The highest BCUT2D eigenvalue weighted by Crippen LogP contribution is 2.22. The first-order valence-corrected chi connectivity index (χ1v) is 5.19. The smallest absolute Gasteiger partial charge is 0.0797 e. The molecule has 1 aromatic heterocycles. The van der Waals surface area contributed by atoms with Crippen LogP contribution in [0.1, 0.15) is 5.56 Å². The number of nitrogens with one attached hydrogen (secondary N) is 1. The summed E-state index contributed by atoms with van der Waals surface area (Å²) in [5, 5.41) is 0. The lowest BCUT2D eigenvalue weighted by Crippen LogP contribution is -2.20. The molecule has 0 aliphatic heterocycles. The van der Waals surface area contributed by atoms with Crippen molar-refractivity contribution in [2.24, 2.45) is 5.84 Å². The fourth-order valence-electron chi connectivity index (χ4n) is 1.26. The second kappa shape index (κ2) is 4.32. The number of hydrogen-bond acceptors (Lipinski definition) is 4. The summed E-state index contributed by atoms with van der Waals surface area (Å²) in [4.78, 5) is 5.24. The Morgan fingerprint density at radius 2 is 2.07 bits per heavy atom. The predicted molar refractivity (Wildman–Crippen MR) is 58.6 cm³/mol. The molecule has 0 bridgehead atoms. The van der Waals surface area contributed by atoms with Crippen molar-refractivity contribution < 1.29 is 0 Å². The van der Waals surface area contributed by atoms with Gasteiger partial charge < -0.3 is 0 Å². The van der Waals surface area contributed by atoms with Gasteiger partial charge in [0, 0.05) is 12.7 Å². The summed E-state index contributed by atoms with van der Waals surface area (Å²) in [5.41, 5.74) is 6.85. The summed E-state index contributed by atoms with van der Waals surface area (Å²) < 4.78 is 0. The Balaban J connectivity index is 2.22. The van der Waals surface area contributed by atoms with E-state index in [0.29, 0.717) is 6.54 Å². The van der Waals surface area contributed by atoms with Crippen LogP contribution >= 0.6 is 11.3 Å². The summed E-state index contributed by atoms with van der Waals surface area (Å²) in [5.74, 6) is 5.24. The molecule has 0 saturated carbocycles. The van der Waals surface area contributed by atoms with Crippen molar-refractivity contribution in [2.45, 2.75) is 6.54 Å². The van der Waals surface area contributed by atoms with Gasteiger partial charge in [-0.05, 0) is 11.1 Å². The maximum absolute atomic E-state index is 5.24. The summed E-state index contributed by atoms with van der Waals surface area (Å²) in [6.07, 6.45) is 1.88. The van der Waals surface area contributed by atoms with Gasteiger partial charge in [-0.25, -0.2) is 0 Å². The molecule has 0 saturated heterocycles. The van der Waals surface area contributed by atoms with E-state index in [4.69, 9.17) is 5.84 Å². The molecule has 3 nitrogen and oxygen atoms in total. The Kier molecular flexibility index (Phi) is 2.88. The van der Waals surface area contributed by atoms with Crippen molar-refractivity contribution in [3.63, 3.8) is 0 Å². The molecular weight excluding hydrogens is 194 g/mol. The molecule has 0 aliphatic rings. The van der Waals surface area contributed by atoms with E-state index in [-0.39, 0.29) is 0 Å². The van der Waals surface area contributed by atoms with Crippen molar-refractivity contribution in [2.75, 3.05) is 0 Å². The van der Waals surface area contributed by atoms with Gasteiger partial charge in [-0.2, -0.15) is 0 Å². The molecule has 1 aromatic carbocycles. The standard InChI is InChI=1S/C10H11N3S/c11-13-5-8-1-3-9(4-2-8)10-6-12-7-14-10/h1-4,6-7,13H,5,11H2. The van der Waals surface area contributed by atoms with E-state index in [9.17, 15) is 0 Å². The van der Waals surface area contributed by atoms with Crippen LogP contribution in [-0.4, -0.2) is 4.98 Å². The average molecular weight is 205 g/mol. The molecule has 0 spiro atoms. The minimum absolute atomic E-state index is 0.697. The first kappa shape index (κ1) is 9.33. The molecule has 0 atom stereocenters. The van der Waals surface area contributed by atoms with E-state index in [1.165, 1.54) is 16.0 Å². The molecule has 0 radical (unpaired) electrons. The van der Waals surface area contributed by atoms with E-state index in [2.05, 4.69) is 34.7 Å². The number of hydrazine groups is 1. The lowest BCUT2D eigenvalue weighted by Gasteiger charge is -2.01. The second-order valence-electron chi connectivity index (χ2n) is 2.94. The Morgan fingerprint density at radius 1 is 1.29 bits per heavy atom. The first-order valence-electron chi connectivity index (χ1n) is 4.31. The van der Waals surface area contributed by atoms with Crippen LogP contribution in [0.3, 0.4) is 0 Å². The third-order valence-electron chi connectivity index (χ3n) is 1.98. The van der Waals surface area contributed by atoms with E-state index in [0.717, 1.165) is 0 Å². The van der Waals surface area contributed by atoms with Gasteiger partial charge in [0.1, 0.15) is 0 Å². The summed E-state index contributed by atoms with van der Waals surface area (Å²) in [6, 6.07) is 8.30. The molecule has 0 fully saturated rings. The topological polar surface area (TPSA) is 50.9 Å². The molecule has 0 amide bonds. The summed E-state index contributed by atoms with van der Waals surface area (Å²) in [6.45, 7) is 0.697. The highest BCUT2D eigenvalue weighted by Gasteiger charge is 1.98. The third-order valence-corrected chi connectivity index (χ3v) is 2.80. The van der Waals surface area contributed by atoms with Crippen molar-refractivity contribution in [1.29, 1.82) is 0 Å². The minimum atomic E-state index is 0.697. The molecule has 0 unspecified atom stereocenters. The molecule has 0 aliphatic carbocycles. The van der Waals surface area contributed by atoms with Crippen LogP contribution in [0.25, 0.3) is 10.4 Å². The van der Waals surface area contributed by atoms with Crippen LogP contribution in [0.4, 0.5) is 0 Å². The second-order valence-corrected chi connectivity index (χ2v) is 3.83. The average Bonchev–Trinajstić information content (AvgIpc) is 2.72. The largest absolute Gasteiger partial charge is 0.271 e. The van der Waals surface area contributed by atoms with Gasteiger partial charge in [0.25, 0.3) is 0 Å². The van der Waals surface area contributed by atoms with E-state index < -0.39 is 0 Å². The molecule has 2 aromatic rings. The number of thiazole rings is 1. The van der Waals surface area contributed by atoms with Crippen LogP contribution in [0.5, 0.6) is 0 Å². The maximum atomic E-state index is 5.24. The normalized spacial score (nSPS) is 10.4. The monoisotopic (exact) mass is 205 g/mol. The number of nitrogens with two attached hydrogens (primary N) is 1. The highest BCUT2D eigenvalue weighted by atomic mass is 32.1. The number of rotatable bonds is 3. The van der Waals surface area contributed by atoms with Gasteiger partial charge in [0.05, 0.1) is 10.4 Å². The number of nitrogens with zero attached hydrogens (tertiary/aromatic N) is 1. The first-order chi connectivity index (χ1) is 6.90. The fraction of sp³-hybridized carbons (Fsp3) is 0.100. The van der Waals surface area contributed by atoms with Gasteiger partial charge in [0.15, 0.2) is 0 Å². The van der Waals surface area contributed by atoms with E-state index in [1.54, 1.807) is 11.3 Å². The minimum Gasteiger partial charge on any atom is -0.271 e. The van der Waals surface area contributed by atoms with Gasteiger partial charge in [-0.15, -0.1) is 11.3 Å². The Hall–Kier alpha value is -1.23. The van der Waals surface area contributed by atoms with Crippen LogP contribution in [-0.2, 0) is 6.54 Å². The van der Waals surface area contributed by atoms with Crippen LogP contribution in [0.2, 0.25) is 0 Å². The Labute approximate surface area is 86.6 Å². The molecule has 1 heterocycles. The molecule has 2 rings (SSSR count). The highest BCUT2D eigenvalue weighted by molar-refractivity contribution is 7.13. The zero-order chi connectivity index (χ0) is 9.80. The van der Waals surface area contributed by atoms with Crippen LogP contribution in [0.15, 0.2) is 36.0 Å². The zero-order valence-corrected chi connectivity index (χ0v) is 8.42. The van der Waals surface area contributed by atoms with Crippen molar-refractivity contribution in [3.05, 3.63) is 41.5 Å². The Morgan fingerprint density at radius 3 is 2.64 bits per heavy atom. The van der Waals surface area contributed by atoms with Gasteiger partial charge in [-0.1, -0.05) is 24.3 Å². The lowest BCUT2D eigenvalue weighted by molar-refractivity contribution is 0.741. The van der Waals surface area contributed by atoms with Crippen LogP contribution < -0.4 is 11.3 Å². The lowest BCUT2D eigenvalue weighted by atomic mass is 10.1. The van der Waals surface area contributed by atoms with Gasteiger partial charge in [0.2, 0.25) is 0 Å². The quantitative estimate of drug-likeness (QED) is 0.593. The predicted octanol–water partition coefficient (Wildman–Crippen LogP) is 1.77. The Bertz CT molecular complexity index is 380. The third kappa shape index (κ3) is 1.98. The van der Waals surface area contributed by atoms with Crippen molar-refractivity contribution in [1.82, 2.24) is 10.4 Å². The van der Waals surface area contributed by atoms with Crippen molar-refractivity contribution >= 4 is 11.3 Å². The van der Waals surface area contributed by atoms with E-state index >= 15 is 0 Å². The van der Waals surface area contributed by atoms with Crippen molar-refractivity contribution in [3.8, 4) is 10.4 Å². The van der Waals surface area contributed by atoms with Crippen LogP contribution in [0, 0.1) is 0 Å². The molecule has 3 N–H and O–H groups in total. The number of aromatic nitrogens is 1. The molecular formula is C10H11N3S. The zero-order valence-electron chi connectivity index (χ0n) is 7.60. The number of benzene rings is 1. The van der Waals surface area contributed by atoms with E-state index in [1.807, 2.05) is 11.7 Å². The summed E-state index contributed by atoms with van der Waals surface area (Å²) in [7, 11) is 0. The summed E-state index contributed by atoms with van der Waals surface area (Å²) >= 11 is 1.64. The molecule has 4 heteroatoms. The maximum Gasteiger partial charge on any atom is 0.0797 e. The number of hydrogen-bond donors (Lipinski definition) is 2. The van der Waals surface area contributed by atoms with Gasteiger partial charge in [-0.3, -0.25) is 16.3 Å². The molecule has 72 valence electrons.